The highest BCUT2D eigenvalue weighted by molar-refractivity contribution is 6.33. The third-order valence-corrected chi connectivity index (χ3v) is 12.2. The Hall–Kier alpha value is -7.54. The van der Waals surface area contributed by atoms with Crippen LogP contribution in [0.4, 0.5) is 0 Å². The molecule has 0 aliphatic rings. The van der Waals surface area contributed by atoms with Crippen LogP contribution in [-0.2, 0) is 0 Å². The molecule has 0 radical (unpaired) electrons. The van der Waals surface area contributed by atoms with E-state index >= 15 is 0 Å². The Morgan fingerprint density at radius 1 is 0.367 bits per heavy atom. The minimum atomic E-state index is 1.06. The molecule has 0 amide bonds. The molecule has 11 rings (SSSR count). The first kappa shape index (κ1) is 36.8. The molecule has 284 valence electrons. The summed E-state index contributed by atoms with van der Waals surface area (Å²) in [6.07, 6.45) is 9.70. The maximum Gasteiger partial charge on any atom is -0.00201 e. The third kappa shape index (κ3) is 6.08. The van der Waals surface area contributed by atoms with E-state index in [9.17, 15) is 0 Å². The van der Waals surface area contributed by atoms with Crippen LogP contribution in [0.2, 0.25) is 0 Å². The van der Waals surface area contributed by atoms with Gasteiger partial charge in [-0.3, -0.25) is 0 Å². The van der Waals surface area contributed by atoms with E-state index in [1.54, 1.807) is 0 Å². The average Bonchev–Trinajstić information content (AvgIpc) is 3.31. The van der Waals surface area contributed by atoms with E-state index < -0.39 is 0 Å². The van der Waals surface area contributed by atoms with E-state index in [2.05, 4.69) is 189 Å². The van der Waals surface area contributed by atoms with Gasteiger partial charge in [0.15, 0.2) is 0 Å². The second-order valence-electron chi connectivity index (χ2n) is 15.6. The molecule has 0 unspecified atom stereocenters. The summed E-state index contributed by atoms with van der Waals surface area (Å²) in [7, 11) is 0. The first-order valence-electron chi connectivity index (χ1n) is 20.8. The average molecular weight is 765 g/mol. The largest absolute Gasteiger partial charge is 0.0990 e. The molecule has 0 aliphatic heterocycles. The van der Waals surface area contributed by atoms with Crippen LogP contribution >= 0.6 is 0 Å². The number of hydrogen-bond donors (Lipinski definition) is 0. The Balaban J connectivity index is 0.00000104. The zero-order valence-corrected chi connectivity index (χ0v) is 34.0. The highest BCUT2D eigenvalue weighted by Crippen LogP contribution is 2.48. The fraction of sp³-hybridized carbons (Fsp3) is 0.0333. The molecule has 0 spiro atoms. The van der Waals surface area contributed by atoms with E-state index in [0.717, 1.165) is 11.1 Å². The molecule has 0 aliphatic carbocycles. The minimum Gasteiger partial charge on any atom is -0.0990 e. The van der Waals surface area contributed by atoms with Gasteiger partial charge in [-0.05, 0) is 158 Å². The summed E-state index contributed by atoms with van der Waals surface area (Å²) in [5.74, 6) is 0. The van der Waals surface area contributed by atoms with E-state index in [1.165, 1.54) is 109 Å². The van der Waals surface area contributed by atoms with Crippen LogP contribution in [0.25, 0.3) is 115 Å². The first-order chi connectivity index (χ1) is 29.6. The summed E-state index contributed by atoms with van der Waals surface area (Å²) in [5.41, 5.74) is 12.2. The number of benzene rings is 11. The van der Waals surface area contributed by atoms with Gasteiger partial charge < -0.3 is 0 Å². The fourth-order valence-electron chi connectivity index (χ4n) is 9.36. The molecule has 0 heteroatoms. The van der Waals surface area contributed by atoms with Gasteiger partial charge in [0, 0.05) is 0 Å². The molecule has 0 N–H and O–H groups in total. The predicted molar refractivity (Wildman–Crippen MR) is 264 cm³/mol. The van der Waals surface area contributed by atoms with E-state index in [0.29, 0.717) is 0 Å². The Morgan fingerprint density at radius 3 is 1.13 bits per heavy atom. The molecule has 0 saturated carbocycles. The summed E-state index contributed by atoms with van der Waals surface area (Å²) in [6.45, 7) is 11.9. The van der Waals surface area contributed by atoms with Crippen molar-refractivity contribution in [2.45, 2.75) is 13.8 Å². The van der Waals surface area contributed by atoms with Crippen molar-refractivity contribution in [3.8, 4) is 44.5 Å². The quantitative estimate of drug-likeness (QED) is 0.0861. The standard InChI is InChI=1S/C56H36.C4H8/c1-3-12-35(4-2)37-23-27-39(28-24-37)49-31-41-15-10-21-47-51(33-43-17-8-19-45(49)53(43)55(41)47)52-34-44-18-9-20-46-50(32-42-16-11-22-48(52)56(42)54(44)46)40-29-25-38(26-30-40)36-13-6-5-7-14-36;1-3-4-2/h3-34H,1-2H2;3-4H,1-2H3/b35-12+;4-3-. The summed E-state index contributed by atoms with van der Waals surface area (Å²) in [4.78, 5) is 0. The second kappa shape index (κ2) is 15.3. The number of rotatable bonds is 7. The van der Waals surface area contributed by atoms with Crippen molar-refractivity contribution in [2.24, 2.45) is 0 Å². The van der Waals surface area contributed by atoms with E-state index in [-0.39, 0.29) is 0 Å². The zero-order valence-electron chi connectivity index (χ0n) is 34.0. The van der Waals surface area contributed by atoms with Gasteiger partial charge in [0.1, 0.15) is 0 Å². The molecule has 11 aromatic rings. The van der Waals surface area contributed by atoms with Crippen LogP contribution in [0.5, 0.6) is 0 Å². The lowest BCUT2D eigenvalue weighted by atomic mass is 9.82. The van der Waals surface area contributed by atoms with Crippen molar-refractivity contribution in [3.63, 3.8) is 0 Å². The number of allylic oxidation sites excluding steroid dienone is 6. The fourth-order valence-corrected chi connectivity index (χ4v) is 9.36. The monoisotopic (exact) mass is 764 g/mol. The van der Waals surface area contributed by atoms with Gasteiger partial charge in [0.25, 0.3) is 0 Å². The zero-order chi connectivity index (χ0) is 40.7. The van der Waals surface area contributed by atoms with Crippen LogP contribution in [0.15, 0.2) is 219 Å². The molecule has 11 aromatic carbocycles. The summed E-state index contributed by atoms with van der Waals surface area (Å²) < 4.78 is 0. The molecule has 0 fully saturated rings. The van der Waals surface area contributed by atoms with Crippen molar-refractivity contribution in [1.82, 2.24) is 0 Å². The van der Waals surface area contributed by atoms with Crippen LogP contribution in [0.1, 0.15) is 19.4 Å². The van der Waals surface area contributed by atoms with Crippen LogP contribution < -0.4 is 0 Å². The van der Waals surface area contributed by atoms with Crippen LogP contribution in [-0.4, -0.2) is 0 Å². The maximum atomic E-state index is 4.01. The molecule has 0 saturated heterocycles. The Labute approximate surface area is 352 Å². The second-order valence-corrected chi connectivity index (χ2v) is 15.6. The van der Waals surface area contributed by atoms with Gasteiger partial charge in [-0.1, -0.05) is 195 Å². The van der Waals surface area contributed by atoms with Crippen molar-refractivity contribution >= 4 is 70.2 Å². The van der Waals surface area contributed by atoms with Gasteiger partial charge in [-0.25, -0.2) is 0 Å². The van der Waals surface area contributed by atoms with Gasteiger partial charge in [0.2, 0.25) is 0 Å². The normalized spacial score (nSPS) is 12.0. The summed E-state index contributed by atoms with van der Waals surface area (Å²) in [6, 6.07) is 65.4. The lowest BCUT2D eigenvalue weighted by molar-refractivity contribution is 1.61. The molecule has 0 aromatic heterocycles. The molecule has 0 bridgehead atoms. The summed E-state index contributed by atoms with van der Waals surface area (Å²) >= 11 is 0. The SMILES string of the molecule is C/C=C\C.C=C/C=C(\C=C)c1ccc(-c2cc3cccc4c(-c5cc6cccc7c(-c8ccc(-c9ccccc9)cc8)cc8cccc5c8c67)cc5cccc2c5c34)cc1. The lowest BCUT2D eigenvalue weighted by Gasteiger charge is -2.21. The minimum absolute atomic E-state index is 1.06. The maximum absolute atomic E-state index is 4.01. The van der Waals surface area contributed by atoms with Gasteiger partial charge >= 0.3 is 0 Å². The third-order valence-electron chi connectivity index (χ3n) is 12.2. The van der Waals surface area contributed by atoms with Crippen molar-refractivity contribution < 1.29 is 0 Å². The van der Waals surface area contributed by atoms with Crippen LogP contribution in [0, 0.1) is 0 Å². The smallest absolute Gasteiger partial charge is 0.00201 e. The van der Waals surface area contributed by atoms with Gasteiger partial charge in [-0.15, -0.1) is 0 Å². The van der Waals surface area contributed by atoms with Crippen LogP contribution in [0.3, 0.4) is 0 Å². The topological polar surface area (TPSA) is 0 Å². The molecule has 0 heterocycles. The molecule has 0 atom stereocenters. The van der Waals surface area contributed by atoms with E-state index in [4.69, 9.17) is 0 Å². The van der Waals surface area contributed by atoms with Gasteiger partial charge in [-0.2, -0.15) is 0 Å². The first-order valence-corrected chi connectivity index (χ1v) is 20.8. The Morgan fingerprint density at radius 2 is 0.733 bits per heavy atom. The highest BCUT2D eigenvalue weighted by Gasteiger charge is 2.21. The van der Waals surface area contributed by atoms with Crippen molar-refractivity contribution in [1.29, 1.82) is 0 Å². The Kier molecular flexibility index (Phi) is 9.39. The summed E-state index contributed by atoms with van der Waals surface area (Å²) in [5, 5.41) is 15.5. The van der Waals surface area contributed by atoms with Gasteiger partial charge in [0.05, 0.1) is 0 Å². The molecular formula is C60H44. The highest BCUT2D eigenvalue weighted by atomic mass is 14.2. The number of hydrogen-bond acceptors (Lipinski definition) is 0. The lowest BCUT2D eigenvalue weighted by Crippen LogP contribution is -1.93. The van der Waals surface area contributed by atoms with E-state index in [1.807, 2.05) is 44.2 Å². The molecular weight excluding hydrogens is 721 g/mol. The molecule has 60 heavy (non-hydrogen) atoms. The molecule has 0 nitrogen and oxygen atoms in total. The van der Waals surface area contributed by atoms with Crippen molar-refractivity contribution in [2.75, 3.05) is 0 Å². The van der Waals surface area contributed by atoms with Crippen molar-refractivity contribution in [3.05, 3.63) is 225 Å². The predicted octanol–water partition coefficient (Wildman–Crippen LogP) is 17.5. The Bertz CT molecular complexity index is 3430.